The van der Waals surface area contributed by atoms with Gasteiger partial charge in [0.15, 0.2) is 5.78 Å². The standard InChI is InChI=1S/C51H78INO12S/c1-30-16-12-11-13-17-31(2)41(61-8)28-38-21-19-36(7)51(60,65-38)48(57)49(58)53-23-15-14-18-39(53)50(59)64-42(33(4)26-37-20-22-44(66-52)43(27-37)62-9)29-40(54)32(3)25-35(6)46(56)47(63-10)45(55)34(5)24-30/h11-13,16-17,25,30,32-34,36-39,41-44,46-47,56,60H,14-15,18-24,26-29H2,1-10H3/b13-11+,16-12+,31-17+,35-25+/t30-,32-,33-,34-,36-,37?,38+,39+,41+,42?,43-,44-,46-,47+,51-/m1/s1. The van der Waals surface area contributed by atoms with Crippen LogP contribution in [0.3, 0.4) is 0 Å². The third kappa shape index (κ3) is 14.9. The van der Waals surface area contributed by atoms with Crippen LogP contribution in [-0.4, -0.2) is 126 Å². The fraction of sp³-hybridized carbons (Fsp3) is 0.745. The summed E-state index contributed by atoms with van der Waals surface area (Å²) in [5, 5.41) is 23.8. The van der Waals surface area contributed by atoms with E-state index in [1.165, 1.54) is 12.0 Å². The first-order valence-corrected chi connectivity index (χ1v) is 27.5. The Bertz CT molecular complexity index is 1780. The van der Waals surface area contributed by atoms with Crippen LogP contribution >= 0.6 is 30.1 Å². The number of Topliss-reactive ketones (excluding diaryl/α,β-unsaturated/α-hetero) is 3. The average Bonchev–Trinajstić information content (AvgIpc) is 3.30. The first kappa shape index (κ1) is 56.3. The van der Waals surface area contributed by atoms with Crippen molar-refractivity contribution in [2.45, 2.75) is 179 Å². The number of methoxy groups -OCH3 is 3. The van der Waals surface area contributed by atoms with Crippen molar-refractivity contribution in [3.8, 4) is 0 Å². The third-order valence-electron chi connectivity index (χ3n) is 14.6. The van der Waals surface area contributed by atoms with E-state index in [4.69, 9.17) is 23.7 Å². The summed E-state index contributed by atoms with van der Waals surface area (Å²) >= 11 is 2.32. The van der Waals surface area contributed by atoms with Crippen molar-refractivity contribution in [2.24, 2.45) is 35.5 Å². The molecule has 4 aliphatic rings. The molecule has 15 atom stereocenters. The number of amides is 1. The fourth-order valence-corrected chi connectivity index (χ4v) is 12.5. The van der Waals surface area contributed by atoms with Crippen molar-refractivity contribution in [2.75, 3.05) is 27.9 Å². The number of cyclic esters (lactones) is 1. The highest BCUT2D eigenvalue weighted by molar-refractivity contribution is 14.2. The summed E-state index contributed by atoms with van der Waals surface area (Å²) in [6.07, 6.45) is 13.5. The van der Waals surface area contributed by atoms with Gasteiger partial charge in [0.2, 0.25) is 5.79 Å². The van der Waals surface area contributed by atoms with E-state index in [0.717, 1.165) is 24.8 Å². The summed E-state index contributed by atoms with van der Waals surface area (Å²) in [6.45, 7) is 12.9. The van der Waals surface area contributed by atoms with Gasteiger partial charge in [-0.15, -0.1) is 0 Å². The Morgan fingerprint density at radius 1 is 0.894 bits per heavy atom. The molecule has 3 heterocycles. The van der Waals surface area contributed by atoms with E-state index in [2.05, 4.69) is 21.2 Å². The number of nitrogens with zero attached hydrogens (tertiary/aromatic N) is 1. The van der Waals surface area contributed by atoms with E-state index >= 15 is 0 Å². The van der Waals surface area contributed by atoms with Crippen molar-refractivity contribution >= 4 is 59.4 Å². The van der Waals surface area contributed by atoms with Gasteiger partial charge in [-0.05, 0) is 128 Å². The number of carbonyl (C=O) groups is 5. The summed E-state index contributed by atoms with van der Waals surface area (Å²) in [4.78, 5) is 72.0. The van der Waals surface area contributed by atoms with Crippen LogP contribution in [0.1, 0.15) is 126 Å². The Morgan fingerprint density at radius 2 is 1.62 bits per heavy atom. The molecule has 3 fully saturated rings. The van der Waals surface area contributed by atoms with Crippen LogP contribution < -0.4 is 0 Å². The molecule has 0 aromatic carbocycles. The maximum Gasteiger partial charge on any atom is 0.329 e. The van der Waals surface area contributed by atoms with Crippen LogP contribution in [0.4, 0.5) is 0 Å². The number of aliphatic hydroxyl groups excluding tert-OH is 1. The smallest absolute Gasteiger partial charge is 0.329 e. The normalized spacial score (nSPS) is 40.0. The summed E-state index contributed by atoms with van der Waals surface area (Å²) < 4.78 is 29.8. The van der Waals surface area contributed by atoms with E-state index in [0.29, 0.717) is 55.8 Å². The van der Waals surface area contributed by atoms with Gasteiger partial charge >= 0.3 is 5.97 Å². The van der Waals surface area contributed by atoms with Gasteiger partial charge in [-0.3, -0.25) is 19.2 Å². The number of carbonyl (C=O) groups excluding carboxylic acids is 5. The second-order valence-corrected chi connectivity index (χ2v) is 22.0. The lowest BCUT2D eigenvalue weighted by Crippen LogP contribution is -2.61. The molecular formula is C51H78INO12S. The SMILES string of the molecule is CO[C@H]1C[C@@H]2CC[C@@H](C)[C@@](O)(O2)C(=O)C(=O)N2CCCC[C@H]2C(=O)OC([C@H](C)CC2CC[C@@H](SI)[C@H](OC)C2)CC(=O)[C@H](C)/C=C(\C)[C@@H](O)[C@@H](OC)C(=O)[C@H](C)C[C@H](C)/C=C/C=C/C=C/1C. The Kier molecular flexibility index (Phi) is 22.8. The minimum Gasteiger partial charge on any atom is -0.460 e. The molecule has 0 aromatic heterocycles. The molecule has 2 bridgehead atoms. The molecule has 13 nitrogen and oxygen atoms in total. The number of fused-ring (bicyclic) bond motifs is 3. The second kappa shape index (κ2) is 26.7. The van der Waals surface area contributed by atoms with Crippen LogP contribution in [-0.2, 0) is 47.7 Å². The molecule has 4 rings (SSSR count). The molecule has 1 aliphatic carbocycles. The number of piperidine rings is 1. The number of aliphatic hydroxyl groups is 2. The Hall–Kier alpha value is -2.25. The van der Waals surface area contributed by atoms with Crippen LogP contribution in [0.25, 0.3) is 0 Å². The van der Waals surface area contributed by atoms with Crippen molar-refractivity contribution < 1.29 is 57.9 Å². The van der Waals surface area contributed by atoms with Crippen LogP contribution in [0.5, 0.6) is 0 Å². The minimum atomic E-state index is -2.41. The van der Waals surface area contributed by atoms with E-state index < -0.39 is 77.8 Å². The average molecular weight is 1060 g/mol. The van der Waals surface area contributed by atoms with Gasteiger partial charge < -0.3 is 38.8 Å². The van der Waals surface area contributed by atoms with Crippen molar-refractivity contribution in [3.63, 3.8) is 0 Å². The lowest BCUT2D eigenvalue weighted by atomic mass is 9.79. The zero-order valence-electron chi connectivity index (χ0n) is 40.9. The first-order valence-electron chi connectivity index (χ1n) is 24.1. The minimum absolute atomic E-state index is 0.0289. The predicted molar refractivity (Wildman–Crippen MR) is 265 cm³/mol. The maximum atomic E-state index is 14.4. The van der Waals surface area contributed by atoms with Crippen molar-refractivity contribution in [1.29, 1.82) is 0 Å². The molecule has 66 heavy (non-hydrogen) atoms. The molecule has 0 spiro atoms. The number of halogens is 1. The monoisotopic (exact) mass is 1060 g/mol. The molecular weight excluding hydrogens is 978 g/mol. The van der Waals surface area contributed by atoms with Crippen LogP contribution in [0.15, 0.2) is 47.6 Å². The number of hydrogen-bond acceptors (Lipinski definition) is 13. The number of allylic oxidation sites excluding steroid dienone is 6. The van der Waals surface area contributed by atoms with Crippen molar-refractivity contribution in [3.05, 3.63) is 47.6 Å². The zero-order chi connectivity index (χ0) is 48.9. The largest absolute Gasteiger partial charge is 0.460 e. The molecule has 0 aromatic rings. The summed E-state index contributed by atoms with van der Waals surface area (Å²) in [7, 11) is 6.47. The maximum absolute atomic E-state index is 14.4. The molecule has 372 valence electrons. The van der Waals surface area contributed by atoms with Gasteiger partial charge in [0.1, 0.15) is 30.1 Å². The highest BCUT2D eigenvalue weighted by atomic mass is 127. The molecule has 2 unspecified atom stereocenters. The topological polar surface area (TPSA) is 175 Å². The van der Waals surface area contributed by atoms with Gasteiger partial charge in [-0.1, -0.05) is 80.0 Å². The van der Waals surface area contributed by atoms with E-state index in [1.807, 2.05) is 58.1 Å². The Morgan fingerprint density at radius 3 is 2.29 bits per heavy atom. The number of rotatable bonds is 7. The molecule has 3 aliphatic heterocycles. The van der Waals surface area contributed by atoms with Crippen LogP contribution in [0.2, 0.25) is 0 Å². The molecule has 2 saturated heterocycles. The Labute approximate surface area is 410 Å². The predicted octanol–water partition coefficient (Wildman–Crippen LogP) is 8.27. The number of ether oxygens (including phenoxy) is 5. The van der Waals surface area contributed by atoms with E-state index in [-0.39, 0.29) is 54.8 Å². The molecule has 1 amide bonds. The third-order valence-corrected chi connectivity index (χ3v) is 17.3. The lowest BCUT2D eigenvalue weighted by Gasteiger charge is -2.42. The first-order chi connectivity index (χ1) is 31.3. The molecule has 15 heteroatoms. The van der Waals surface area contributed by atoms with Gasteiger partial charge in [0.05, 0.1) is 18.3 Å². The highest BCUT2D eigenvalue weighted by Crippen LogP contribution is 2.41. The molecule has 2 N–H and O–H groups in total. The fourth-order valence-electron chi connectivity index (χ4n) is 10.2. The van der Waals surface area contributed by atoms with Gasteiger partial charge in [0.25, 0.3) is 11.7 Å². The van der Waals surface area contributed by atoms with E-state index in [9.17, 15) is 34.2 Å². The number of ketones is 3. The quantitative estimate of drug-likeness (QED) is 0.108. The highest BCUT2D eigenvalue weighted by Gasteiger charge is 2.53. The van der Waals surface area contributed by atoms with Crippen LogP contribution in [0, 0.1) is 35.5 Å². The number of esters is 1. The van der Waals surface area contributed by atoms with Gasteiger partial charge in [-0.2, -0.15) is 0 Å². The van der Waals surface area contributed by atoms with Gasteiger partial charge in [0, 0.05) is 63.7 Å². The van der Waals surface area contributed by atoms with Gasteiger partial charge in [-0.25, -0.2) is 4.79 Å². The van der Waals surface area contributed by atoms with E-state index in [1.54, 1.807) is 50.0 Å². The molecule has 0 radical (unpaired) electrons. The summed E-state index contributed by atoms with van der Waals surface area (Å²) in [6, 6.07) is -1.11. The molecule has 1 saturated carbocycles. The lowest BCUT2D eigenvalue weighted by molar-refractivity contribution is -0.265. The zero-order valence-corrected chi connectivity index (χ0v) is 43.9. The number of hydrogen-bond donors (Lipinski definition) is 2. The Balaban J connectivity index is 1.70. The second-order valence-electron chi connectivity index (χ2n) is 19.7. The summed E-state index contributed by atoms with van der Waals surface area (Å²) in [5.74, 6) is -7.53. The van der Waals surface area contributed by atoms with Crippen molar-refractivity contribution in [1.82, 2.24) is 4.90 Å². The summed E-state index contributed by atoms with van der Waals surface area (Å²) in [5.41, 5.74) is 1.30.